The van der Waals surface area contributed by atoms with Gasteiger partial charge >= 0.3 is 0 Å². The van der Waals surface area contributed by atoms with Gasteiger partial charge in [0.05, 0.1) is 19.8 Å². The maximum atomic E-state index is 12.2. The molecule has 0 radical (unpaired) electrons. The van der Waals surface area contributed by atoms with Crippen LogP contribution in [0.1, 0.15) is 15.9 Å². The lowest BCUT2D eigenvalue weighted by molar-refractivity contribution is 0.104. The summed E-state index contributed by atoms with van der Waals surface area (Å²) in [5.74, 6) is 0.979. The van der Waals surface area contributed by atoms with Crippen molar-refractivity contribution in [3.63, 3.8) is 0 Å². The van der Waals surface area contributed by atoms with E-state index in [1.165, 1.54) is 13.2 Å². The Morgan fingerprint density at radius 2 is 1.90 bits per heavy atom. The average molecular weight is 303 g/mol. The Labute approximate surface area is 128 Å². The number of methoxy groups -OCH3 is 2. The molecule has 21 heavy (non-hydrogen) atoms. The Bertz CT molecular complexity index is 677. The van der Waals surface area contributed by atoms with E-state index in [1.807, 2.05) is 12.1 Å². The zero-order chi connectivity index (χ0) is 15.2. The van der Waals surface area contributed by atoms with Crippen LogP contribution in [0.4, 0.5) is 0 Å². The van der Waals surface area contributed by atoms with Crippen molar-refractivity contribution in [1.82, 2.24) is 0 Å². The van der Waals surface area contributed by atoms with Crippen LogP contribution in [0.15, 0.2) is 48.5 Å². The molecule has 0 aliphatic heterocycles. The van der Waals surface area contributed by atoms with E-state index >= 15 is 0 Å². The topological polar surface area (TPSA) is 35.5 Å². The summed E-state index contributed by atoms with van der Waals surface area (Å²) < 4.78 is 10.3. The maximum Gasteiger partial charge on any atom is 0.189 e. The monoisotopic (exact) mass is 302 g/mol. The minimum absolute atomic E-state index is 0.144. The van der Waals surface area contributed by atoms with Crippen LogP contribution < -0.4 is 9.47 Å². The molecule has 0 fully saturated rings. The van der Waals surface area contributed by atoms with Gasteiger partial charge in [-0.2, -0.15) is 0 Å². The van der Waals surface area contributed by atoms with Crippen molar-refractivity contribution in [2.24, 2.45) is 0 Å². The Morgan fingerprint density at radius 1 is 1.10 bits per heavy atom. The Hall–Kier alpha value is -2.26. The maximum absolute atomic E-state index is 12.2. The second kappa shape index (κ2) is 6.95. The van der Waals surface area contributed by atoms with E-state index in [0.29, 0.717) is 22.1 Å². The van der Waals surface area contributed by atoms with Gasteiger partial charge < -0.3 is 9.47 Å². The number of benzene rings is 2. The number of rotatable bonds is 5. The van der Waals surface area contributed by atoms with Crippen LogP contribution in [0.5, 0.6) is 11.5 Å². The molecular weight excluding hydrogens is 288 g/mol. The van der Waals surface area contributed by atoms with Gasteiger partial charge in [0.2, 0.25) is 0 Å². The van der Waals surface area contributed by atoms with Crippen molar-refractivity contribution in [2.75, 3.05) is 14.2 Å². The van der Waals surface area contributed by atoms with Crippen molar-refractivity contribution in [1.29, 1.82) is 0 Å². The zero-order valence-electron chi connectivity index (χ0n) is 11.8. The number of carbonyl (C=O) groups is 1. The molecule has 0 bridgehead atoms. The lowest BCUT2D eigenvalue weighted by atomic mass is 10.1. The highest BCUT2D eigenvalue weighted by Gasteiger charge is 2.10. The quantitative estimate of drug-likeness (QED) is 0.612. The predicted octanol–water partition coefficient (Wildman–Crippen LogP) is 4.25. The standard InChI is InChI=1S/C17H15ClO3/c1-20-14-7-8-15(17(11-14)21-2)16(19)9-6-12-4-3-5-13(18)10-12/h3-11H,1-2H3/b9-6-. The first-order valence-electron chi connectivity index (χ1n) is 6.34. The first-order chi connectivity index (χ1) is 10.1. The second-order valence-electron chi connectivity index (χ2n) is 4.32. The molecule has 0 N–H and O–H groups in total. The van der Waals surface area contributed by atoms with Crippen molar-refractivity contribution in [2.45, 2.75) is 0 Å². The molecule has 0 aliphatic rings. The van der Waals surface area contributed by atoms with Crippen LogP contribution in [0.2, 0.25) is 5.02 Å². The SMILES string of the molecule is COc1ccc(C(=O)/C=C\c2cccc(Cl)c2)c(OC)c1. The third kappa shape index (κ3) is 3.86. The van der Waals surface area contributed by atoms with Crippen LogP contribution >= 0.6 is 11.6 Å². The summed E-state index contributed by atoms with van der Waals surface area (Å²) in [5.41, 5.74) is 1.35. The van der Waals surface area contributed by atoms with Crippen molar-refractivity contribution < 1.29 is 14.3 Å². The number of ether oxygens (including phenoxy) is 2. The van der Waals surface area contributed by atoms with E-state index in [9.17, 15) is 4.79 Å². The first-order valence-corrected chi connectivity index (χ1v) is 6.72. The van der Waals surface area contributed by atoms with E-state index in [4.69, 9.17) is 21.1 Å². The molecule has 0 saturated carbocycles. The van der Waals surface area contributed by atoms with Gasteiger partial charge in [-0.05, 0) is 35.9 Å². The molecule has 2 aromatic carbocycles. The number of carbonyl (C=O) groups excluding carboxylic acids is 1. The molecule has 4 heteroatoms. The van der Waals surface area contributed by atoms with Crippen LogP contribution in [-0.2, 0) is 0 Å². The predicted molar refractivity (Wildman–Crippen MR) is 84.4 cm³/mol. The molecule has 0 aromatic heterocycles. The van der Waals surface area contributed by atoms with Gasteiger partial charge in [-0.25, -0.2) is 0 Å². The first kappa shape index (κ1) is 15.1. The lowest BCUT2D eigenvalue weighted by Crippen LogP contribution is -1.99. The largest absolute Gasteiger partial charge is 0.497 e. The van der Waals surface area contributed by atoms with Gasteiger partial charge in [0.1, 0.15) is 11.5 Å². The number of hydrogen-bond acceptors (Lipinski definition) is 3. The molecule has 0 heterocycles. The highest BCUT2D eigenvalue weighted by atomic mass is 35.5. The fourth-order valence-electron chi connectivity index (χ4n) is 1.87. The van der Waals surface area contributed by atoms with Crippen molar-refractivity contribution >= 4 is 23.5 Å². The molecule has 2 aromatic rings. The van der Waals surface area contributed by atoms with Gasteiger partial charge in [-0.3, -0.25) is 4.79 Å². The van der Waals surface area contributed by atoms with Gasteiger partial charge in [-0.1, -0.05) is 29.8 Å². The molecule has 2 rings (SSSR count). The second-order valence-corrected chi connectivity index (χ2v) is 4.76. The zero-order valence-corrected chi connectivity index (χ0v) is 12.6. The molecule has 108 valence electrons. The normalized spacial score (nSPS) is 10.6. The van der Waals surface area contributed by atoms with Crippen LogP contribution in [-0.4, -0.2) is 20.0 Å². The Kier molecular flexibility index (Phi) is 5.01. The van der Waals surface area contributed by atoms with Crippen LogP contribution in [0.3, 0.4) is 0 Å². The summed E-state index contributed by atoms with van der Waals surface area (Å²) in [4.78, 5) is 12.2. The van der Waals surface area contributed by atoms with E-state index in [1.54, 1.807) is 43.5 Å². The molecule has 0 aliphatic carbocycles. The van der Waals surface area contributed by atoms with E-state index < -0.39 is 0 Å². The van der Waals surface area contributed by atoms with Gasteiger partial charge in [0.15, 0.2) is 5.78 Å². The molecule has 0 saturated heterocycles. The minimum Gasteiger partial charge on any atom is -0.497 e. The molecule has 0 spiro atoms. The summed E-state index contributed by atoms with van der Waals surface area (Å²) in [6, 6.07) is 12.4. The molecule has 0 unspecified atom stereocenters. The molecule has 0 amide bonds. The Balaban J connectivity index is 2.24. The average Bonchev–Trinajstić information content (AvgIpc) is 2.52. The summed E-state index contributed by atoms with van der Waals surface area (Å²) >= 11 is 5.91. The fraction of sp³-hybridized carbons (Fsp3) is 0.118. The lowest BCUT2D eigenvalue weighted by Gasteiger charge is -2.07. The highest BCUT2D eigenvalue weighted by molar-refractivity contribution is 6.30. The van der Waals surface area contributed by atoms with Crippen LogP contribution in [0, 0.1) is 0 Å². The van der Waals surface area contributed by atoms with Gasteiger partial charge in [0, 0.05) is 11.1 Å². The molecule has 3 nitrogen and oxygen atoms in total. The number of ketones is 1. The highest BCUT2D eigenvalue weighted by Crippen LogP contribution is 2.25. The van der Waals surface area contributed by atoms with Crippen LogP contribution in [0.25, 0.3) is 6.08 Å². The number of allylic oxidation sites excluding steroid dienone is 1. The summed E-state index contributed by atoms with van der Waals surface area (Å²) in [6.45, 7) is 0. The minimum atomic E-state index is -0.144. The van der Waals surface area contributed by atoms with Gasteiger partial charge in [0.25, 0.3) is 0 Å². The summed E-state index contributed by atoms with van der Waals surface area (Å²) in [5, 5.41) is 0.631. The number of hydrogen-bond donors (Lipinski definition) is 0. The van der Waals surface area contributed by atoms with E-state index in [0.717, 1.165) is 5.56 Å². The van der Waals surface area contributed by atoms with Crippen molar-refractivity contribution in [3.8, 4) is 11.5 Å². The van der Waals surface area contributed by atoms with Gasteiger partial charge in [-0.15, -0.1) is 0 Å². The molecular formula is C17H15ClO3. The third-order valence-electron chi connectivity index (χ3n) is 2.95. The third-order valence-corrected chi connectivity index (χ3v) is 3.19. The Morgan fingerprint density at radius 3 is 2.57 bits per heavy atom. The van der Waals surface area contributed by atoms with E-state index in [2.05, 4.69) is 0 Å². The summed E-state index contributed by atoms with van der Waals surface area (Å²) in [6.07, 6.45) is 3.22. The molecule has 0 atom stereocenters. The van der Waals surface area contributed by atoms with Crippen molar-refractivity contribution in [3.05, 3.63) is 64.7 Å². The number of halogens is 1. The van der Waals surface area contributed by atoms with E-state index in [-0.39, 0.29) is 5.78 Å². The fourth-order valence-corrected chi connectivity index (χ4v) is 2.07. The smallest absolute Gasteiger partial charge is 0.189 e. The summed E-state index contributed by atoms with van der Waals surface area (Å²) in [7, 11) is 3.08.